The van der Waals surface area contributed by atoms with E-state index in [9.17, 15) is 14.4 Å². The molecule has 1 atom stereocenters. The minimum absolute atomic E-state index is 0.110. The van der Waals surface area contributed by atoms with Gasteiger partial charge in [0.15, 0.2) is 6.61 Å². The molecule has 2 rings (SSSR count). The number of hydrogen-bond acceptors (Lipinski definition) is 5. The van der Waals surface area contributed by atoms with Crippen LogP contribution in [0.2, 0.25) is 0 Å². The maximum atomic E-state index is 12.1. The molecule has 0 saturated carbocycles. The van der Waals surface area contributed by atoms with Crippen LogP contribution in [-0.4, -0.2) is 35.4 Å². The van der Waals surface area contributed by atoms with Gasteiger partial charge in [-0.1, -0.05) is 35.9 Å². The summed E-state index contributed by atoms with van der Waals surface area (Å²) in [5.41, 5.74) is 4.42. The molecule has 2 N–H and O–H groups in total. The quantitative estimate of drug-likeness (QED) is 0.641. The highest BCUT2D eigenvalue weighted by Crippen LogP contribution is 2.19. The number of ether oxygens (including phenoxy) is 1. The molecular weight excluding hydrogens is 388 g/mol. The van der Waals surface area contributed by atoms with Gasteiger partial charge in [-0.05, 0) is 51.0 Å². The standard InChI is InChI=1S/C22H26N2O4S/c1-14-8-10-18(11-9-14)23-20(26)13-29-17(4)22(27)28-12-19(25)24-21-15(2)6-5-7-16(21)3/h5-11,17H,12-13H2,1-4H3,(H,23,26)(H,24,25)/t17-/m1/s1. The van der Waals surface area contributed by atoms with Crippen LogP contribution in [-0.2, 0) is 19.1 Å². The molecular formula is C22H26N2O4S. The van der Waals surface area contributed by atoms with Crippen molar-refractivity contribution in [3.05, 3.63) is 59.2 Å². The van der Waals surface area contributed by atoms with Gasteiger partial charge in [-0.3, -0.25) is 14.4 Å². The predicted octanol–water partition coefficient (Wildman–Crippen LogP) is 3.85. The van der Waals surface area contributed by atoms with E-state index < -0.39 is 17.1 Å². The van der Waals surface area contributed by atoms with E-state index in [-0.39, 0.29) is 18.3 Å². The first-order valence-electron chi connectivity index (χ1n) is 9.27. The van der Waals surface area contributed by atoms with Crippen LogP contribution in [0.3, 0.4) is 0 Å². The highest BCUT2D eigenvalue weighted by atomic mass is 32.2. The summed E-state index contributed by atoms with van der Waals surface area (Å²) in [6.07, 6.45) is 0. The van der Waals surface area contributed by atoms with Gasteiger partial charge in [0.2, 0.25) is 5.91 Å². The third-order valence-corrected chi connectivity index (χ3v) is 5.34. The molecule has 0 aromatic heterocycles. The molecule has 0 fully saturated rings. The highest BCUT2D eigenvalue weighted by molar-refractivity contribution is 8.01. The van der Waals surface area contributed by atoms with Crippen LogP contribution in [0.15, 0.2) is 42.5 Å². The molecule has 0 spiro atoms. The third kappa shape index (κ3) is 7.27. The van der Waals surface area contributed by atoms with Crippen molar-refractivity contribution in [1.82, 2.24) is 0 Å². The average Bonchev–Trinajstić information content (AvgIpc) is 2.69. The van der Waals surface area contributed by atoms with Crippen molar-refractivity contribution in [1.29, 1.82) is 0 Å². The van der Waals surface area contributed by atoms with E-state index in [1.165, 1.54) is 0 Å². The second-order valence-electron chi connectivity index (χ2n) is 6.79. The Balaban J connectivity index is 1.73. The van der Waals surface area contributed by atoms with Gasteiger partial charge in [-0.15, -0.1) is 11.8 Å². The van der Waals surface area contributed by atoms with Crippen LogP contribution >= 0.6 is 11.8 Å². The Morgan fingerprint density at radius 3 is 2.17 bits per heavy atom. The summed E-state index contributed by atoms with van der Waals surface area (Å²) in [5, 5.41) is 4.98. The van der Waals surface area contributed by atoms with Gasteiger partial charge in [-0.2, -0.15) is 0 Å². The van der Waals surface area contributed by atoms with E-state index >= 15 is 0 Å². The Labute approximate surface area is 175 Å². The molecule has 0 unspecified atom stereocenters. The van der Waals surface area contributed by atoms with Gasteiger partial charge in [0.1, 0.15) is 5.25 Å². The SMILES string of the molecule is Cc1ccc(NC(=O)CS[C@H](C)C(=O)OCC(=O)Nc2c(C)cccc2C)cc1. The summed E-state index contributed by atoms with van der Waals surface area (Å²) < 4.78 is 5.08. The average molecular weight is 415 g/mol. The summed E-state index contributed by atoms with van der Waals surface area (Å²) in [6, 6.07) is 13.2. The van der Waals surface area contributed by atoms with E-state index in [2.05, 4.69) is 10.6 Å². The number of thioether (sulfide) groups is 1. The molecule has 0 radical (unpaired) electrons. The molecule has 2 amide bonds. The van der Waals surface area contributed by atoms with Crippen molar-refractivity contribution >= 4 is 40.9 Å². The lowest BCUT2D eigenvalue weighted by Crippen LogP contribution is -2.26. The number of rotatable bonds is 8. The van der Waals surface area contributed by atoms with Gasteiger partial charge >= 0.3 is 5.97 Å². The second kappa shape index (κ2) is 10.7. The van der Waals surface area contributed by atoms with Gasteiger partial charge in [0, 0.05) is 11.4 Å². The molecule has 0 heterocycles. The van der Waals surface area contributed by atoms with Gasteiger partial charge < -0.3 is 15.4 Å². The number of esters is 1. The largest absolute Gasteiger partial charge is 0.455 e. The maximum Gasteiger partial charge on any atom is 0.319 e. The van der Waals surface area contributed by atoms with Crippen LogP contribution in [0.25, 0.3) is 0 Å². The number of nitrogens with one attached hydrogen (secondary N) is 2. The summed E-state index contributed by atoms with van der Waals surface area (Å²) in [7, 11) is 0. The predicted molar refractivity (Wildman–Crippen MR) is 117 cm³/mol. The molecule has 2 aromatic carbocycles. The lowest BCUT2D eigenvalue weighted by atomic mass is 10.1. The monoisotopic (exact) mass is 414 g/mol. The lowest BCUT2D eigenvalue weighted by molar-refractivity contribution is -0.146. The summed E-state index contributed by atoms with van der Waals surface area (Å²) in [4.78, 5) is 36.2. The Morgan fingerprint density at radius 1 is 0.931 bits per heavy atom. The molecule has 0 aliphatic rings. The van der Waals surface area contributed by atoms with E-state index in [0.29, 0.717) is 5.69 Å². The normalized spacial score (nSPS) is 11.4. The van der Waals surface area contributed by atoms with Gasteiger partial charge in [-0.25, -0.2) is 0 Å². The van der Waals surface area contributed by atoms with Gasteiger partial charge in [0.25, 0.3) is 5.91 Å². The number of benzene rings is 2. The zero-order valence-electron chi connectivity index (χ0n) is 17.1. The van der Waals surface area contributed by atoms with Crippen molar-refractivity contribution in [2.24, 2.45) is 0 Å². The highest BCUT2D eigenvalue weighted by Gasteiger charge is 2.18. The summed E-state index contributed by atoms with van der Waals surface area (Å²) >= 11 is 1.16. The smallest absolute Gasteiger partial charge is 0.319 e. The van der Waals surface area contributed by atoms with Crippen molar-refractivity contribution in [2.75, 3.05) is 23.0 Å². The number of para-hydroxylation sites is 1. The number of carbonyl (C=O) groups is 3. The minimum atomic E-state index is -0.563. The van der Waals surface area contributed by atoms with E-state index in [0.717, 1.165) is 34.1 Å². The first kappa shape index (κ1) is 22.5. The maximum absolute atomic E-state index is 12.1. The lowest BCUT2D eigenvalue weighted by Gasteiger charge is -2.13. The van der Waals surface area contributed by atoms with Crippen molar-refractivity contribution in [3.8, 4) is 0 Å². The molecule has 2 aromatic rings. The molecule has 0 bridgehead atoms. The number of carbonyl (C=O) groups excluding carboxylic acids is 3. The van der Waals surface area contributed by atoms with Gasteiger partial charge in [0.05, 0.1) is 5.75 Å². The van der Waals surface area contributed by atoms with E-state index in [1.807, 2.05) is 63.2 Å². The molecule has 0 aliphatic carbocycles. The van der Waals surface area contributed by atoms with Crippen molar-refractivity contribution < 1.29 is 19.1 Å². The third-order valence-electron chi connectivity index (χ3n) is 4.22. The number of anilines is 2. The topological polar surface area (TPSA) is 84.5 Å². The Bertz CT molecular complexity index is 861. The molecule has 0 saturated heterocycles. The summed E-state index contributed by atoms with van der Waals surface area (Å²) in [5.74, 6) is -1.02. The zero-order valence-corrected chi connectivity index (χ0v) is 17.9. The fourth-order valence-electron chi connectivity index (χ4n) is 2.54. The zero-order chi connectivity index (χ0) is 21.4. The van der Waals surface area contributed by atoms with Crippen molar-refractivity contribution in [2.45, 2.75) is 32.9 Å². The first-order chi connectivity index (χ1) is 13.8. The first-order valence-corrected chi connectivity index (χ1v) is 10.3. The molecule has 6 nitrogen and oxygen atoms in total. The minimum Gasteiger partial charge on any atom is -0.455 e. The summed E-state index contributed by atoms with van der Waals surface area (Å²) in [6.45, 7) is 7.05. The fraction of sp³-hybridized carbons (Fsp3) is 0.318. The van der Waals surface area contributed by atoms with Crippen LogP contribution in [0.5, 0.6) is 0 Å². The molecule has 0 aliphatic heterocycles. The van der Waals surface area contributed by atoms with E-state index in [4.69, 9.17) is 4.74 Å². The van der Waals surface area contributed by atoms with Crippen molar-refractivity contribution in [3.63, 3.8) is 0 Å². The number of amides is 2. The molecule has 154 valence electrons. The molecule has 7 heteroatoms. The Kier molecular flexibility index (Phi) is 8.27. The Morgan fingerprint density at radius 2 is 1.55 bits per heavy atom. The van der Waals surface area contributed by atoms with Crippen LogP contribution in [0, 0.1) is 20.8 Å². The second-order valence-corrected chi connectivity index (χ2v) is 8.12. The number of aryl methyl sites for hydroxylation is 3. The van der Waals surface area contributed by atoms with E-state index in [1.54, 1.807) is 6.92 Å². The Hall–Kier alpha value is -2.80. The number of hydrogen-bond donors (Lipinski definition) is 2. The fourth-order valence-corrected chi connectivity index (χ4v) is 3.22. The van der Waals surface area contributed by atoms with Crippen LogP contribution in [0.4, 0.5) is 11.4 Å². The molecule has 29 heavy (non-hydrogen) atoms. The van der Waals surface area contributed by atoms with Crippen LogP contribution in [0.1, 0.15) is 23.6 Å². The van der Waals surface area contributed by atoms with Crippen LogP contribution < -0.4 is 10.6 Å².